The van der Waals surface area contributed by atoms with Gasteiger partial charge in [-0.2, -0.15) is 36.7 Å². The van der Waals surface area contributed by atoms with E-state index in [9.17, 15) is 18.0 Å². The Morgan fingerprint density at radius 3 is 2.70 bits per heavy atom. The fraction of sp³-hybridized carbons (Fsp3) is 0.462. The molecule has 20 heavy (non-hydrogen) atoms. The molecule has 1 aromatic rings. The summed E-state index contributed by atoms with van der Waals surface area (Å²) in [5.41, 5.74) is -1.20. The van der Waals surface area contributed by atoms with E-state index in [1.807, 2.05) is 0 Å². The maximum Gasteiger partial charge on any atom is 0.417 e. The van der Waals surface area contributed by atoms with Gasteiger partial charge >= 0.3 is 6.18 Å². The molecule has 0 saturated carbocycles. The Bertz CT molecular complexity index is 473. The Morgan fingerprint density at radius 2 is 2.05 bits per heavy atom. The third-order valence-electron chi connectivity index (χ3n) is 2.85. The first kappa shape index (κ1) is 15.6. The number of carbonyl (C=O) groups is 1. The highest BCUT2D eigenvalue weighted by atomic mass is 32.2. The summed E-state index contributed by atoms with van der Waals surface area (Å²) in [5, 5.41) is 2.88. The molecule has 2 rings (SSSR count). The maximum atomic E-state index is 12.8. The van der Waals surface area contributed by atoms with Crippen molar-refractivity contribution in [3.05, 3.63) is 35.4 Å². The number of rotatable bonds is 3. The van der Waals surface area contributed by atoms with Gasteiger partial charge in [-0.05, 0) is 12.1 Å². The van der Waals surface area contributed by atoms with Crippen LogP contribution in [0, 0.1) is 0 Å². The number of carbonyl (C=O) groups excluding carboxylic acids is 1. The molecule has 0 spiro atoms. The van der Waals surface area contributed by atoms with Crippen LogP contribution >= 0.6 is 23.5 Å². The summed E-state index contributed by atoms with van der Waals surface area (Å²) in [6.45, 7) is 0.405. The van der Waals surface area contributed by atoms with Crippen molar-refractivity contribution in [2.24, 2.45) is 0 Å². The lowest BCUT2D eigenvalue weighted by Gasteiger charge is -2.21. The molecule has 1 unspecified atom stereocenters. The number of halogens is 3. The van der Waals surface area contributed by atoms with Crippen molar-refractivity contribution in [3.63, 3.8) is 0 Å². The summed E-state index contributed by atoms with van der Waals surface area (Å²) < 4.78 is 38.4. The van der Waals surface area contributed by atoms with Gasteiger partial charge in [0.25, 0.3) is 5.91 Å². The Balaban J connectivity index is 2.02. The van der Waals surface area contributed by atoms with Crippen LogP contribution in [0.25, 0.3) is 0 Å². The van der Waals surface area contributed by atoms with Crippen LogP contribution in [0.3, 0.4) is 0 Å². The first-order valence-electron chi connectivity index (χ1n) is 6.12. The van der Waals surface area contributed by atoms with Crippen molar-refractivity contribution in [2.45, 2.75) is 11.4 Å². The van der Waals surface area contributed by atoms with Gasteiger partial charge in [-0.1, -0.05) is 12.1 Å². The Kier molecular flexibility index (Phi) is 5.26. The van der Waals surface area contributed by atoms with Gasteiger partial charge in [-0.15, -0.1) is 0 Å². The summed E-state index contributed by atoms with van der Waals surface area (Å²) in [6, 6.07) is 4.86. The molecule has 0 aliphatic carbocycles. The van der Waals surface area contributed by atoms with Crippen LogP contribution < -0.4 is 5.32 Å². The second kappa shape index (κ2) is 6.76. The largest absolute Gasteiger partial charge is 0.417 e. The number of hydrogen-bond donors (Lipinski definition) is 1. The zero-order chi connectivity index (χ0) is 14.6. The average molecular weight is 321 g/mol. The Morgan fingerprint density at radius 1 is 1.30 bits per heavy atom. The molecular weight excluding hydrogens is 307 g/mol. The number of hydrogen-bond acceptors (Lipinski definition) is 3. The van der Waals surface area contributed by atoms with Gasteiger partial charge in [0.15, 0.2) is 0 Å². The highest BCUT2D eigenvalue weighted by Gasteiger charge is 2.34. The van der Waals surface area contributed by atoms with E-state index in [4.69, 9.17) is 0 Å². The van der Waals surface area contributed by atoms with E-state index >= 15 is 0 Å². The molecule has 1 aliphatic rings. The molecule has 7 heteroatoms. The van der Waals surface area contributed by atoms with Gasteiger partial charge in [-0.25, -0.2) is 0 Å². The van der Waals surface area contributed by atoms with Crippen molar-refractivity contribution < 1.29 is 18.0 Å². The average Bonchev–Trinajstić information content (AvgIpc) is 2.45. The summed E-state index contributed by atoms with van der Waals surface area (Å²) in [6.07, 6.45) is -4.51. The normalized spacial score (nSPS) is 19.6. The van der Waals surface area contributed by atoms with E-state index in [0.717, 1.165) is 23.3 Å². The van der Waals surface area contributed by atoms with E-state index in [0.29, 0.717) is 6.54 Å². The SMILES string of the molecule is O=C(NCC1CSCCS1)c1ccccc1C(F)(F)F. The Labute approximate surface area is 123 Å². The molecule has 1 aromatic carbocycles. The highest BCUT2D eigenvalue weighted by molar-refractivity contribution is 8.06. The molecule has 0 radical (unpaired) electrons. The summed E-state index contributed by atoms with van der Waals surface area (Å²) in [4.78, 5) is 11.9. The van der Waals surface area contributed by atoms with E-state index in [2.05, 4.69) is 5.32 Å². The molecule has 0 aromatic heterocycles. The molecule has 1 saturated heterocycles. The molecule has 1 fully saturated rings. The second-order valence-electron chi connectivity index (χ2n) is 4.32. The summed E-state index contributed by atoms with van der Waals surface area (Å²) in [7, 11) is 0. The fourth-order valence-corrected chi connectivity index (χ4v) is 4.50. The standard InChI is InChI=1S/C13H14F3NOS2/c14-13(15,16)11-4-2-1-3-10(11)12(18)17-7-9-8-19-5-6-20-9/h1-4,9H,5-8H2,(H,17,18). The minimum absolute atomic E-state index is 0.274. The molecule has 2 nitrogen and oxygen atoms in total. The summed E-state index contributed by atoms with van der Waals surface area (Å²) >= 11 is 3.56. The summed E-state index contributed by atoms with van der Waals surface area (Å²) in [5.74, 6) is 2.37. The molecule has 1 aliphatic heterocycles. The topological polar surface area (TPSA) is 29.1 Å². The van der Waals surface area contributed by atoms with Gasteiger partial charge < -0.3 is 5.32 Å². The van der Waals surface area contributed by atoms with E-state index < -0.39 is 17.6 Å². The number of thioether (sulfide) groups is 2. The zero-order valence-corrected chi connectivity index (χ0v) is 12.2. The van der Waals surface area contributed by atoms with Gasteiger partial charge in [-0.3, -0.25) is 4.79 Å². The molecule has 0 bridgehead atoms. The van der Waals surface area contributed by atoms with Crippen molar-refractivity contribution >= 4 is 29.4 Å². The smallest absolute Gasteiger partial charge is 0.351 e. The van der Waals surface area contributed by atoms with Crippen molar-refractivity contribution in [1.29, 1.82) is 0 Å². The van der Waals surface area contributed by atoms with E-state index in [1.165, 1.54) is 18.2 Å². The van der Waals surface area contributed by atoms with Crippen LogP contribution in [0.1, 0.15) is 15.9 Å². The highest BCUT2D eigenvalue weighted by Crippen LogP contribution is 2.31. The zero-order valence-electron chi connectivity index (χ0n) is 10.6. The lowest BCUT2D eigenvalue weighted by atomic mass is 10.1. The first-order valence-corrected chi connectivity index (χ1v) is 8.32. The third kappa shape index (κ3) is 4.09. The van der Waals surface area contributed by atoms with Gasteiger partial charge in [0, 0.05) is 29.1 Å². The lowest BCUT2D eigenvalue weighted by Crippen LogP contribution is -2.34. The lowest BCUT2D eigenvalue weighted by molar-refractivity contribution is -0.137. The molecule has 1 heterocycles. The van der Waals surface area contributed by atoms with E-state index in [1.54, 1.807) is 23.5 Å². The van der Waals surface area contributed by atoms with Crippen molar-refractivity contribution in [1.82, 2.24) is 5.32 Å². The monoisotopic (exact) mass is 321 g/mol. The fourth-order valence-electron chi connectivity index (χ4n) is 1.88. The van der Waals surface area contributed by atoms with Gasteiger partial charge in [0.05, 0.1) is 11.1 Å². The number of benzene rings is 1. The second-order valence-corrected chi connectivity index (χ2v) is 6.88. The minimum atomic E-state index is -4.51. The molecule has 110 valence electrons. The molecule has 1 atom stereocenters. The van der Waals surface area contributed by atoms with Crippen LogP contribution in [-0.2, 0) is 6.18 Å². The van der Waals surface area contributed by atoms with Crippen LogP contribution in [-0.4, -0.2) is 35.0 Å². The maximum absolute atomic E-state index is 12.8. The third-order valence-corrected chi connectivity index (χ3v) is 5.70. The van der Waals surface area contributed by atoms with E-state index in [-0.39, 0.29) is 10.8 Å². The minimum Gasteiger partial charge on any atom is -0.351 e. The predicted octanol–water partition coefficient (Wildman–Crippen LogP) is 3.28. The predicted molar refractivity (Wildman–Crippen MR) is 77.3 cm³/mol. The molecule has 1 amide bonds. The Hall–Kier alpha value is -0.820. The number of nitrogens with one attached hydrogen (secondary N) is 1. The molecular formula is C13H14F3NOS2. The van der Waals surface area contributed by atoms with Gasteiger partial charge in [0.2, 0.25) is 0 Å². The number of amides is 1. The van der Waals surface area contributed by atoms with Crippen molar-refractivity contribution in [3.8, 4) is 0 Å². The number of alkyl halides is 3. The first-order chi connectivity index (χ1) is 9.48. The van der Waals surface area contributed by atoms with Crippen LogP contribution in [0.4, 0.5) is 13.2 Å². The van der Waals surface area contributed by atoms with Gasteiger partial charge in [0.1, 0.15) is 0 Å². The van der Waals surface area contributed by atoms with Crippen molar-refractivity contribution in [2.75, 3.05) is 23.8 Å². The van der Waals surface area contributed by atoms with Crippen LogP contribution in [0.2, 0.25) is 0 Å². The quantitative estimate of drug-likeness (QED) is 0.926. The van der Waals surface area contributed by atoms with Crippen LogP contribution in [0.5, 0.6) is 0 Å². The molecule has 1 N–H and O–H groups in total. The van der Waals surface area contributed by atoms with Crippen LogP contribution in [0.15, 0.2) is 24.3 Å².